The zero-order valence-corrected chi connectivity index (χ0v) is 18.7. The molecule has 0 bridgehead atoms. The van der Waals surface area contributed by atoms with Crippen molar-refractivity contribution in [1.82, 2.24) is 25.4 Å². The molecule has 3 N–H and O–H groups in total. The average Bonchev–Trinajstić information content (AvgIpc) is 3.30. The minimum absolute atomic E-state index is 0.0941. The van der Waals surface area contributed by atoms with E-state index in [1.165, 1.54) is 5.56 Å². The van der Waals surface area contributed by atoms with Gasteiger partial charge in [0.15, 0.2) is 11.8 Å². The molecule has 0 aliphatic carbocycles. The first-order chi connectivity index (χ1) is 14.9. The first kappa shape index (κ1) is 22.5. The predicted octanol–water partition coefficient (Wildman–Crippen LogP) is 3.35. The molecule has 164 valence electrons. The Labute approximate surface area is 184 Å². The highest BCUT2D eigenvalue weighted by Gasteiger charge is 2.15. The van der Waals surface area contributed by atoms with Gasteiger partial charge in [0.25, 0.3) is 0 Å². The Morgan fingerprint density at radius 3 is 2.55 bits per heavy atom. The van der Waals surface area contributed by atoms with Gasteiger partial charge in [0, 0.05) is 31.7 Å². The molecule has 0 saturated carbocycles. The molecule has 0 saturated heterocycles. The fourth-order valence-corrected chi connectivity index (χ4v) is 3.12. The van der Waals surface area contributed by atoms with E-state index in [0.717, 1.165) is 23.5 Å². The van der Waals surface area contributed by atoms with Crippen molar-refractivity contribution in [3.05, 3.63) is 77.7 Å². The van der Waals surface area contributed by atoms with Gasteiger partial charge in [-0.3, -0.25) is 0 Å². The van der Waals surface area contributed by atoms with E-state index in [1.807, 2.05) is 43.5 Å². The highest BCUT2D eigenvalue weighted by molar-refractivity contribution is 5.79. The second-order valence-corrected chi connectivity index (χ2v) is 8.44. The van der Waals surface area contributed by atoms with Gasteiger partial charge < -0.3 is 15.7 Å². The van der Waals surface area contributed by atoms with Crippen LogP contribution in [0.25, 0.3) is 5.82 Å². The van der Waals surface area contributed by atoms with E-state index in [4.69, 9.17) is 0 Å². The van der Waals surface area contributed by atoms with E-state index in [9.17, 15) is 5.11 Å². The summed E-state index contributed by atoms with van der Waals surface area (Å²) in [6, 6.07) is 13.9. The summed E-state index contributed by atoms with van der Waals surface area (Å²) in [5.41, 5.74) is 3.25. The third-order valence-corrected chi connectivity index (χ3v) is 4.94. The lowest BCUT2D eigenvalue weighted by Crippen LogP contribution is -2.39. The number of guanidine groups is 1. The normalized spacial score (nSPS) is 13.1. The van der Waals surface area contributed by atoms with Crippen molar-refractivity contribution in [2.45, 2.75) is 45.8 Å². The third kappa shape index (κ3) is 6.39. The first-order valence-electron chi connectivity index (χ1n) is 10.6. The minimum Gasteiger partial charge on any atom is -0.387 e. The van der Waals surface area contributed by atoms with Crippen LogP contribution in [-0.4, -0.2) is 38.9 Å². The molecule has 1 aromatic carbocycles. The summed E-state index contributed by atoms with van der Waals surface area (Å²) in [5.74, 6) is 1.41. The number of aliphatic hydroxyl groups excluding tert-OH is 1. The maximum atomic E-state index is 10.6. The van der Waals surface area contributed by atoms with E-state index < -0.39 is 6.10 Å². The molecule has 7 nitrogen and oxygen atoms in total. The van der Waals surface area contributed by atoms with E-state index in [0.29, 0.717) is 19.0 Å². The smallest absolute Gasteiger partial charge is 0.191 e. The Balaban J connectivity index is 1.61. The zero-order chi connectivity index (χ0) is 22.3. The maximum Gasteiger partial charge on any atom is 0.191 e. The van der Waals surface area contributed by atoms with Crippen LogP contribution in [-0.2, 0) is 12.0 Å². The van der Waals surface area contributed by atoms with Gasteiger partial charge in [0.2, 0.25) is 0 Å². The summed E-state index contributed by atoms with van der Waals surface area (Å²) in [7, 11) is 0. The maximum absolute atomic E-state index is 10.6. The fourth-order valence-electron chi connectivity index (χ4n) is 3.12. The highest BCUT2D eigenvalue weighted by Crippen LogP contribution is 2.23. The monoisotopic (exact) mass is 420 g/mol. The second kappa shape index (κ2) is 10.2. The molecular formula is C24H32N6O. The summed E-state index contributed by atoms with van der Waals surface area (Å²) in [6.45, 7) is 10.1. The lowest BCUT2D eigenvalue weighted by Gasteiger charge is -2.20. The Morgan fingerprint density at radius 1 is 1.13 bits per heavy atom. The molecule has 0 aliphatic rings. The summed E-state index contributed by atoms with van der Waals surface area (Å²) in [5, 5.41) is 21.3. The molecule has 2 aromatic heterocycles. The van der Waals surface area contributed by atoms with E-state index >= 15 is 0 Å². The van der Waals surface area contributed by atoms with Gasteiger partial charge in [-0.05, 0) is 47.2 Å². The second-order valence-electron chi connectivity index (χ2n) is 8.44. The van der Waals surface area contributed by atoms with Crippen molar-refractivity contribution < 1.29 is 5.11 Å². The Bertz CT molecular complexity index is 974. The van der Waals surface area contributed by atoms with Gasteiger partial charge in [-0.15, -0.1) is 0 Å². The molecule has 0 fully saturated rings. The quantitative estimate of drug-likeness (QED) is 0.403. The topological polar surface area (TPSA) is 87.4 Å². The van der Waals surface area contributed by atoms with Crippen molar-refractivity contribution in [2.75, 3.05) is 13.1 Å². The zero-order valence-electron chi connectivity index (χ0n) is 18.7. The molecule has 0 radical (unpaired) electrons. The van der Waals surface area contributed by atoms with E-state index in [-0.39, 0.29) is 5.41 Å². The van der Waals surface area contributed by atoms with Crippen LogP contribution in [0, 0.1) is 0 Å². The molecule has 31 heavy (non-hydrogen) atoms. The number of rotatable bonds is 7. The molecule has 2 heterocycles. The van der Waals surface area contributed by atoms with Crippen molar-refractivity contribution in [1.29, 1.82) is 0 Å². The van der Waals surface area contributed by atoms with Crippen molar-refractivity contribution in [3.8, 4) is 5.82 Å². The van der Waals surface area contributed by atoms with Crippen LogP contribution in [0.5, 0.6) is 0 Å². The standard InChI is InChI=1S/C24H32N6O/c1-5-25-23(27-16-18-11-13-26-22(15-18)30-14-6-12-29-30)28-17-21(31)19-7-9-20(10-8-19)24(2,3)4/h6-15,21,31H,5,16-17H2,1-4H3,(H2,25,27,28). The van der Waals surface area contributed by atoms with Gasteiger partial charge in [0.1, 0.15) is 0 Å². The average molecular weight is 421 g/mol. The largest absolute Gasteiger partial charge is 0.387 e. The Morgan fingerprint density at radius 2 is 1.90 bits per heavy atom. The van der Waals surface area contributed by atoms with Gasteiger partial charge >= 0.3 is 0 Å². The summed E-state index contributed by atoms with van der Waals surface area (Å²) in [6.07, 6.45) is 4.72. The summed E-state index contributed by atoms with van der Waals surface area (Å²) >= 11 is 0. The Kier molecular flexibility index (Phi) is 7.41. The van der Waals surface area contributed by atoms with Crippen LogP contribution in [0.2, 0.25) is 0 Å². The summed E-state index contributed by atoms with van der Waals surface area (Å²) in [4.78, 5) is 8.99. The third-order valence-electron chi connectivity index (χ3n) is 4.94. The lowest BCUT2D eigenvalue weighted by atomic mass is 9.86. The van der Waals surface area contributed by atoms with Crippen molar-refractivity contribution in [3.63, 3.8) is 0 Å². The van der Waals surface area contributed by atoms with Crippen molar-refractivity contribution in [2.24, 2.45) is 4.99 Å². The number of pyridine rings is 1. The number of aromatic nitrogens is 3. The molecule has 0 amide bonds. The van der Waals surface area contributed by atoms with Crippen LogP contribution in [0.3, 0.4) is 0 Å². The highest BCUT2D eigenvalue weighted by atomic mass is 16.3. The van der Waals surface area contributed by atoms with E-state index in [2.05, 4.69) is 58.6 Å². The van der Waals surface area contributed by atoms with Crippen LogP contribution >= 0.6 is 0 Å². The number of nitrogens with one attached hydrogen (secondary N) is 2. The van der Waals surface area contributed by atoms with Gasteiger partial charge in [0.05, 0.1) is 12.6 Å². The fraction of sp³-hybridized carbons (Fsp3) is 0.375. The number of aliphatic imine (C=N–C) groups is 1. The summed E-state index contributed by atoms with van der Waals surface area (Å²) < 4.78 is 1.72. The van der Waals surface area contributed by atoms with Crippen molar-refractivity contribution >= 4 is 5.96 Å². The number of hydrogen-bond acceptors (Lipinski definition) is 4. The van der Waals surface area contributed by atoms with E-state index in [1.54, 1.807) is 17.1 Å². The molecule has 1 atom stereocenters. The van der Waals surface area contributed by atoms with Gasteiger partial charge in [-0.25, -0.2) is 14.7 Å². The van der Waals surface area contributed by atoms with Crippen LogP contribution in [0.1, 0.15) is 50.5 Å². The molecule has 3 rings (SSSR count). The number of benzene rings is 1. The first-order valence-corrected chi connectivity index (χ1v) is 10.6. The predicted molar refractivity (Wildman–Crippen MR) is 124 cm³/mol. The molecular weight excluding hydrogens is 388 g/mol. The number of aliphatic hydroxyl groups is 1. The number of hydrogen-bond donors (Lipinski definition) is 3. The van der Waals surface area contributed by atoms with Gasteiger partial charge in [-0.2, -0.15) is 5.10 Å². The molecule has 7 heteroatoms. The van der Waals surface area contributed by atoms with Gasteiger partial charge in [-0.1, -0.05) is 45.0 Å². The molecule has 0 spiro atoms. The van der Waals surface area contributed by atoms with Crippen LogP contribution in [0.15, 0.2) is 66.0 Å². The minimum atomic E-state index is -0.620. The SMILES string of the molecule is CCNC(=NCc1ccnc(-n2cccn2)c1)NCC(O)c1ccc(C(C)(C)C)cc1. The lowest BCUT2D eigenvalue weighted by molar-refractivity contribution is 0.181. The molecule has 0 aliphatic heterocycles. The van der Waals surface area contributed by atoms with Crippen LogP contribution in [0.4, 0.5) is 0 Å². The Hall–Kier alpha value is -3.19. The molecule has 1 unspecified atom stereocenters. The molecule has 3 aromatic rings. The van der Waals surface area contributed by atoms with Crippen LogP contribution < -0.4 is 10.6 Å². The number of nitrogens with zero attached hydrogens (tertiary/aromatic N) is 4.